The minimum absolute atomic E-state index is 0.0808. The molecule has 9 rings (SSSR count). The topological polar surface area (TPSA) is 84.0 Å². The van der Waals surface area contributed by atoms with Gasteiger partial charge in [0.2, 0.25) is 17.7 Å². The van der Waals surface area contributed by atoms with Crippen molar-refractivity contribution in [2.75, 3.05) is 16.3 Å². The van der Waals surface area contributed by atoms with Gasteiger partial charge in [-0.25, -0.2) is 4.90 Å². The Bertz CT molecular complexity index is 1730. The lowest BCUT2D eigenvalue weighted by Gasteiger charge is -2.45. The number of hydrogen-bond acceptors (Lipinski definition) is 5. The zero-order chi connectivity index (χ0) is 29.4. The third kappa shape index (κ3) is 3.74. The van der Waals surface area contributed by atoms with E-state index in [2.05, 4.69) is 24.3 Å². The van der Waals surface area contributed by atoms with Crippen LogP contribution in [0.4, 0.5) is 11.4 Å². The molecule has 5 aliphatic rings. The molecule has 2 aliphatic heterocycles. The van der Waals surface area contributed by atoms with E-state index in [1.54, 1.807) is 23.1 Å². The van der Waals surface area contributed by atoms with Crippen molar-refractivity contribution in [1.29, 1.82) is 0 Å². The number of para-hydroxylation sites is 1. The maximum Gasteiger partial charge on any atom is 0.316 e. The minimum atomic E-state index is -0.587. The predicted molar refractivity (Wildman–Crippen MR) is 160 cm³/mol. The summed E-state index contributed by atoms with van der Waals surface area (Å²) in [6.45, 7) is 2.06. The van der Waals surface area contributed by atoms with Crippen LogP contribution >= 0.6 is 0 Å². The van der Waals surface area contributed by atoms with Gasteiger partial charge in [-0.05, 0) is 65.1 Å². The zero-order valence-electron chi connectivity index (χ0n) is 23.5. The molecular formula is C36H28N2O5. The fourth-order valence-corrected chi connectivity index (χ4v) is 7.78. The summed E-state index contributed by atoms with van der Waals surface area (Å²) in [5.41, 5.74) is 6.43. The molecule has 7 heteroatoms. The number of ether oxygens (including phenoxy) is 1. The summed E-state index contributed by atoms with van der Waals surface area (Å²) in [6.07, 6.45) is 0.0808. The lowest BCUT2D eigenvalue weighted by Crippen LogP contribution is -2.41. The molecule has 0 aromatic heterocycles. The second kappa shape index (κ2) is 9.49. The van der Waals surface area contributed by atoms with Crippen molar-refractivity contribution >= 4 is 35.1 Å². The maximum absolute atomic E-state index is 14.1. The van der Waals surface area contributed by atoms with Crippen LogP contribution in [0.1, 0.15) is 46.1 Å². The van der Waals surface area contributed by atoms with Gasteiger partial charge in [0.05, 0.1) is 23.4 Å². The highest BCUT2D eigenvalue weighted by Crippen LogP contribution is 2.61. The van der Waals surface area contributed by atoms with Gasteiger partial charge in [0.25, 0.3) is 0 Å². The Labute approximate surface area is 248 Å². The number of esters is 1. The van der Waals surface area contributed by atoms with Gasteiger partial charge in [-0.2, -0.15) is 0 Å². The fourth-order valence-electron chi connectivity index (χ4n) is 7.78. The Kier molecular flexibility index (Phi) is 5.66. The Morgan fingerprint density at radius 2 is 1.26 bits per heavy atom. The van der Waals surface area contributed by atoms with Gasteiger partial charge in [0.15, 0.2) is 0 Å². The first-order valence-electron chi connectivity index (χ1n) is 14.7. The molecule has 4 aromatic carbocycles. The molecule has 3 amide bonds. The Morgan fingerprint density at radius 1 is 0.721 bits per heavy atom. The molecule has 0 N–H and O–H groups in total. The monoisotopic (exact) mass is 568 g/mol. The second-order valence-corrected chi connectivity index (χ2v) is 11.9. The number of imide groups is 1. The number of hydrogen-bond donors (Lipinski definition) is 0. The van der Waals surface area contributed by atoms with Crippen molar-refractivity contribution in [2.24, 2.45) is 17.8 Å². The summed E-state index contributed by atoms with van der Waals surface area (Å²) < 4.78 is 5.70. The highest BCUT2D eigenvalue weighted by Gasteiger charge is 2.61. The molecule has 0 radical (unpaired) electrons. The standard InChI is InChI=1S/C36H28N2O5/c1-20-17-23(43-36(42)21-18-29(39)37(19-21)22-9-3-2-4-10-22)15-16-28(20)38-34(40)32-30-24-11-5-6-12-25(24)31(33(32)35(38)41)27-14-8-7-13-26(27)30/h2-17,21,30-33H,18-19H2,1H3/t21-,30?,31?,32+,33+/m1/s1. The van der Waals surface area contributed by atoms with E-state index in [1.165, 1.54) is 4.90 Å². The molecule has 3 aliphatic carbocycles. The van der Waals surface area contributed by atoms with Gasteiger partial charge in [-0.1, -0.05) is 66.7 Å². The minimum Gasteiger partial charge on any atom is -0.426 e. The maximum atomic E-state index is 14.1. The molecule has 2 saturated heterocycles. The number of anilines is 2. The summed E-state index contributed by atoms with van der Waals surface area (Å²) in [7, 11) is 0. The zero-order valence-corrected chi connectivity index (χ0v) is 23.5. The van der Waals surface area contributed by atoms with Crippen LogP contribution in [0.15, 0.2) is 97.1 Å². The first-order valence-corrected chi connectivity index (χ1v) is 14.7. The van der Waals surface area contributed by atoms with E-state index in [4.69, 9.17) is 4.74 Å². The molecule has 2 bridgehead atoms. The summed E-state index contributed by atoms with van der Waals surface area (Å²) in [6, 6.07) is 30.6. The van der Waals surface area contributed by atoms with Gasteiger partial charge in [-0.3, -0.25) is 19.2 Å². The molecule has 3 atom stereocenters. The van der Waals surface area contributed by atoms with Crippen molar-refractivity contribution in [3.05, 3.63) is 125 Å². The van der Waals surface area contributed by atoms with E-state index in [0.29, 0.717) is 17.0 Å². The van der Waals surface area contributed by atoms with Crippen molar-refractivity contribution < 1.29 is 23.9 Å². The molecule has 0 saturated carbocycles. The molecular weight excluding hydrogens is 540 g/mol. The molecule has 7 nitrogen and oxygen atoms in total. The van der Waals surface area contributed by atoms with Crippen molar-refractivity contribution in [3.8, 4) is 5.75 Å². The van der Waals surface area contributed by atoms with Crippen LogP contribution in [-0.4, -0.2) is 30.2 Å². The fraction of sp³-hybridized carbons (Fsp3) is 0.222. The Balaban J connectivity index is 1.05. The quantitative estimate of drug-likeness (QED) is 0.188. The van der Waals surface area contributed by atoms with Crippen LogP contribution in [0.2, 0.25) is 0 Å². The normalized spacial score (nSPS) is 25.0. The molecule has 43 heavy (non-hydrogen) atoms. The average Bonchev–Trinajstić information content (AvgIpc) is 3.55. The van der Waals surface area contributed by atoms with E-state index in [9.17, 15) is 19.2 Å². The van der Waals surface area contributed by atoms with Crippen LogP contribution in [0, 0.1) is 24.7 Å². The summed E-state index contributed by atoms with van der Waals surface area (Å²) in [5.74, 6) is -2.53. The first-order chi connectivity index (χ1) is 20.9. The van der Waals surface area contributed by atoms with Gasteiger partial charge in [0.1, 0.15) is 5.75 Å². The molecule has 212 valence electrons. The molecule has 2 heterocycles. The van der Waals surface area contributed by atoms with Crippen LogP contribution < -0.4 is 14.5 Å². The van der Waals surface area contributed by atoms with Crippen LogP contribution in [0.25, 0.3) is 0 Å². The number of aryl methyl sites for hydroxylation is 1. The smallest absolute Gasteiger partial charge is 0.316 e. The lowest BCUT2D eigenvalue weighted by molar-refractivity contribution is -0.139. The Hall–Kier alpha value is -5.04. The lowest BCUT2D eigenvalue weighted by atomic mass is 9.55. The van der Waals surface area contributed by atoms with Gasteiger partial charge < -0.3 is 9.64 Å². The number of rotatable bonds is 4. The summed E-state index contributed by atoms with van der Waals surface area (Å²) in [5, 5.41) is 0. The van der Waals surface area contributed by atoms with Gasteiger partial charge in [0, 0.05) is 30.5 Å². The van der Waals surface area contributed by atoms with Crippen LogP contribution in [0.3, 0.4) is 0 Å². The van der Waals surface area contributed by atoms with Crippen LogP contribution in [0.5, 0.6) is 5.75 Å². The number of nitrogens with zero attached hydrogens (tertiary/aromatic N) is 2. The van der Waals surface area contributed by atoms with Crippen molar-refractivity contribution in [2.45, 2.75) is 25.2 Å². The highest BCUT2D eigenvalue weighted by atomic mass is 16.5. The van der Waals surface area contributed by atoms with Gasteiger partial charge in [-0.15, -0.1) is 0 Å². The molecule has 0 unspecified atom stereocenters. The predicted octanol–water partition coefficient (Wildman–Crippen LogP) is 5.35. The molecule has 0 spiro atoms. The van der Waals surface area contributed by atoms with E-state index in [-0.39, 0.29) is 42.5 Å². The number of benzene rings is 4. The largest absolute Gasteiger partial charge is 0.426 e. The molecule has 2 fully saturated rings. The summed E-state index contributed by atoms with van der Waals surface area (Å²) in [4.78, 5) is 56.8. The SMILES string of the molecule is Cc1cc(OC(=O)[C@@H]2CC(=O)N(c3ccccc3)C2)ccc1N1C(=O)[C@H]2C3c4ccccc4C(c4ccccc43)[C@@H]2C1=O. The van der Waals surface area contributed by atoms with Crippen molar-refractivity contribution in [3.63, 3.8) is 0 Å². The van der Waals surface area contributed by atoms with E-state index >= 15 is 0 Å². The van der Waals surface area contributed by atoms with E-state index in [0.717, 1.165) is 27.9 Å². The second-order valence-electron chi connectivity index (χ2n) is 11.9. The van der Waals surface area contributed by atoms with Crippen LogP contribution in [-0.2, 0) is 19.2 Å². The number of amides is 3. The third-order valence-corrected chi connectivity index (χ3v) is 9.60. The van der Waals surface area contributed by atoms with E-state index < -0.39 is 23.7 Å². The third-order valence-electron chi connectivity index (χ3n) is 9.60. The molecule has 4 aromatic rings. The summed E-state index contributed by atoms with van der Waals surface area (Å²) >= 11 is 0. The highest BCUT2D eigenvalue weighted by molar-refractivity contribution is 6.23. The number of carbonyl (C=O) groups is 4. The van der Waals surface area contributed by atoms with Crippen molar-refractivity contribution in [1.82, 2.24) is 0 Å². The average molecular weight is 569 g/mol. The van der Waals surface area contributed by atoms with Gasteiger partial charge >= 0.3 is 5.97 Å². The number of carbonyl (C=O) groups excluding carboxylic acids is 4. The Morgan fingerprint density at radius 3 is 1.79 bits per heavy atom. The van der Waals surface area contributed by atoms with E-state index in [1.807, 2.05) is 61.5 Å². The first kappa shape index (κ1) is 25.7.